The minimum absolute atomic E-state index is 0.248. The van der Waals surface area contributed by atoms with Crippen LogP contribution >= 0.6 is 24.4 Å². The molecule has 8 fully saturated rings. The highest BCUT2D eigenvalue weighted by molar-refractivity contribution is 7.81. The summed E-state index contributed by atoms with van der Waals surface area (Å²) in [7, 11) is 0. The van der Waals surface area contributed by atoms with E-state index in [-0.39, 0.29) is 10.8 Å². The van der Waals surface area contributed by atoms with E-state index in [2.05, 4.69) is 34.9 Å². The van der Waals surface area contributed by atoms with Crippen molar-refractivity contribution < 1.29 is 0 Å². The fourth-order valence-electron chi connectivity index (χ4n) is 9.99. The summed E-state index contributed by atoms with van der Waals surface area (Å²) in [5.74, 6) is 5.49. The Balaban J connectivity index is 1.11. The second-order valence-electron chi connectivity index (χ2n) is 12.8. The normalized spacial score (nSPS) is 45.1. The molecule has 0 spiro atoms. The van der Waals surface area contributed by atoms with Crippen molar-refractivity contribution in [1.29, 1.82) is 0 Å². The first-order valence-corrected chi connectivity index (χ1v) is 14.0. The number of hydrogen-bond acceptors (Lipinski definition) is 2. The Labute approximate surface area is 203 Å². The molecule has 0 saturated heterocycles. The van der Waals surface area contributed by atoms with Gasteiger partial charge in [0, 0.05) is 10.8 Å². The minimum atomic E-state index is 0.248. The van der Waals surface area contributed by atoms with Crippen LogP contribution in [-0.4, -0.2) is 9.98 Å². The van der Waals surface area contributed by atoms with Crippen molar-refractivity contribution in [3.05, 3.63) is 24.3 Å². The Bertz CT molecular complexity index is 818. The third-order valence-corrected chi connectivity index (χ3v) is 11.5. The van der Waals surface area contributed by atoms with E-state index in [1.54, 1.807) is 0 Å². The first-order valence-electron chi connectivity index (χ1n) is 13.2. The van der Waals surface area contributed by atoms with Gasteiger partial charge in [-0.2, -0.15) is 0 Å². The summed E-state index contributed by atoms with van der Waals surface area (Å²) in [6, 6.07) is 8.64. The third-order valence-electron chi connectivity index (χ3n) is 10.5. The predicted molar refractivity (Wildman–Crippen MR) is 140 cm³/mol. The molecule has 0 aliphatic heterocycles. The van der Waals surface area contributed by atoms with Crippen LogP contribution in [0.5, 0.6) is 0 Å². The molecule has 2 N–H and O–H groups in total. The lowest BCUT2D eigenvalue weighted by atomic mass is 9.49. The van der Waals surface area contributed by atoms with E-state index in [0.29, 0.717) is 0 Å². The van der Waals surface area contributed by atoms with E-state index in [0.717, 1.165) is 56.9 Å². The summed E-state index contributed by atoms with van der Waals surface area (Å²) in [6.45, 7) is 0. The molecule has 1 aromatic carbocycles. The van der Waals surface area contributed by atoms with Gasteiger partial charge in [-0.3, -0.25) is 0 Å². The van der Waals surface area contributed by atoms with Crippen LogP contribution in [0.3, 0.4) is 0 Å². The zero-order valence-electron chi connectivity index (χ0n) is 19.1. The molecule has 2 nitrogen and oxygen atoms in total. The van der Waals surface area contributed by atoms with Crippen molar-refractivity contribution in [3.8, 4) is 0 Å². The van der Waals surface area contributed by atoms with Crippen molar-refractivity contribution in [2.75, 3.05) is 10.6 Å². The molecule has 0 aromatic heterocycles. The summed E-state index contributed by atoms with van der Waals surface area (Å²) in [5.41, 5.74) is 2.75. The van der Waals surface area contributed by atoms with E-state index in [9.17, 15) is 0 Å². The van der Waals surface area contributed by atoms with Crippen LogP contribution in [0.4, 0.5) is 11.4 Å². The number of hydrogen-bond donors (Lipinski definition) is 2. The van der Waals surface area contributed by atoms with Gasteiger partial charge in [-0.25, -0.2) is 0 Å². The SMILES string of the molecule is S=C(Nc1ccccc1NC(=S)C12CC3CC(CC(C3)C1)C2)C12CC3CC(CC(C3)C1)C2. The van der Waals surface area contributed by atoms with E-state index in [1.165, 1.54) is 77.0 Å². The third kappa shape index (κ3) is 3.22. The lowest BCUT2D eigenvalue weighted by Crippen LogP contribution is -2.51. The smallest absolute Gasteiger partial charge is 0.0860 e. The summed E-state index contributed by atoms with van der Waals surface area (Å²) in [4.78, 5) is 2.21. The van der Waals surface area contributed by atoms with Gasteiger partial charge in [-0.15, -0.1) is 0 Å². The highest BCUT2D eigenvalue weighted by atomic mass is 32.1. The van der Waals surface area contributed by atoms with Gasteiger partial charge in [0.2, 0.25) is 0 Å². The zero-order valence-corrected chi connectivity index (χ0v) is 20.7. The number of thiocarbonyl (C=S) groups is 2. The molecular formula is C28H36N2S2. The highest BCUT2D eigenvalue weighted by Crippen LogP contribution is 2.62. The first-order chi connectivity index (χ1) is 15.5. The molecule has 8 aliphatic carbocycles. The van der Waals surface area contributed by atoms with Gasteiger partial charge in [-0.1, -0.05) is 36.6 Å². The van der Waals surface area contributed by atoms with E-state index in [1.807, 2.05) is 0 Å². The average molecular weight is 465 g/mol. The quantitative estimate of drug-likeness (QED) is 0.448. The topological polar surface area (TPSA) is 24.1 Å². The summed E-state index contributed by atoms with van der Waals surface area (Å²) >= 11 is 12.3. The highest BCUT2D eigenvalue weighted by Gasteiger charge is 2.54. The number of benzene rings is 1. The monoisotopic (exact) mass is 464 g/mol. The molecule has 0 amide bonds. The molecule has 170 valence electrons. The lowest BCUT2D eigenvalue weighted by molar-refractivity contribution is -0.0111. The Kier molecular flexibility index (Phi) is 4.62. The van der Waals surface area contributed by atoms with Crippen molar-refractivity contribution in [2.24, 2.45) is 46.3 Å². The fraction of sp³-hybridized carbons (Fsp3) is 0.714. The average Bonchev–Trinajstić information content (AvgIpc) is 2.73. The second-order valence-corrected chi connectivity index (χ2v) is 13.7. The molecule has 32 heavy (non-hydrogen) atoms. The maximum Gasteiger partial charge on any atom is 0.0860 e. The van der Waals surface area contributed by atoms with Crippen molar-refractivity contribution >= 4 is 45.8 Å². The van der Waals surface area contributed by atoms with Crippen molar-refractivity contribution in [2.45, 2.75) is 77.0 Å². The number of anilines is 2. The minimum Gasteiger partial charge on any atom is -0.348 e. The molecule has 0 radical (unpaired) electrons. The van der Waals surface area contributed by atoms with Gasteiger partial charge >= 0.3 is 0 Å². The maximum absolute atomic E-state index is 6.14. The summed E-state index contributed by atoms with van der Waals surface area (Å²) in [5, 5.41) is 7.51. The number of rotatable bonds is 4. The molecule has 9 rings (SSSR count). The molecule has 1 aromatic rings. The Hall–Kier alpha value is -1.00. The summed E-state index contributed by atoms with van der Waals surface area (Å²) < 4.78 is 0. The zero-order chi connectivity index (χ0) is 21.5. The lowest BCUT2D eigenvalue weighted by Gasteiger charge is -2.57. The Morgan fingerprint density at radius 3 is 1.12 bits per heavy atom. The van der Waals surface area contributed by atoms with Gasteiger partial charge < -0.3 is 10.6 Å². The van der Waals surface area contributed by atoms with E-state index in [4.69, 9.17) is 24.4 Å². The van der Waals surface area contributed by atoms with Crippen LogP contribution in [0.25, 0.3) is 0 Å². The van der Waals surface area contributed by atoms with Crippen LogP contribution in [0.2, 0.25) is 0 Å². The van der Waals surface area contributed by atoms with Gasteiger partial charge in [0.15, 0.2) is 0 Å². The molecule has 0 atom stereocenters. The second kappa shape index (κ2) is 7.25. The van der Waals surface area contributed by atoms with Gasteiger partial charge in [0.25, 0.3) is 0 Å². The van der Waals surface area contributed by atoms with Gasteiger partial charge in [-0.05, 0) is 125 Å². The molecule has 8 bridgehead atoms. The standard InChI is InChI=1S/C28H36N2S2/c31-25(27-11-17-5-18(12-27)7-19(6-17)13-27)29-23-3-1-2-4-24(23)30-26(32)28-14-20-8-21(15-28)10-22(9-20)16-28/h1-4,17-22H,5-16H2,(H,29,31)(H,30,32). The number of nitrogens with one attached hydrogen (secondary N) is 2. The maximum atomic E-state index is 6.14. The van der Waals surface area contributed by atoms with Crippen molar-refractivity contribution in [1.82, 2.24) is 0 Å². The molecule has 0 heterocycles. The van der Waals surface area contributed by atoms with Gasteiger partial charge in [0.05, 0.1) is 21.4 Å². The Morgan fingerprint density at radius 1 is 0.562 bits per heavy atom. The van der Waals surface area contributed by atoms with Crippen LogP contribution in [-0.2, 0) is 0 Å². The molecule has 4 heteroatoms. The predicted octanol–water partition coefficient (Wildman–Crippen LogP) is 7.60. The van der Waals surface area contributed by atoms with Crippen LogP contribution in [0, 0.1) is 46.3 Å². The molecule has 0 unspecified atom stereocenters. The molecular weight excluding hydrogens is 428 g/mol. The van der Waals surface area contributed by atoms with Crippen molar-refractivity contribution in [3.63, 3.8) is 0 Å². The van der Waals surface area contributed by atoms with Crippen LogP contribution in [0.1, 0.15) is 77.0 Å². The van der Waals surface area contributed by atoms with E-state index >= 15 is 0 Å². The first kappa shape index (κ1) is 20.4. The van der Waals surface area contributed by atoms with Crippen LogP contribution < -0.4 is 10.6 Å². The Morgan fingerprint density at radius 2 is 0.844 bits per heavy atom. The largest absolute Gasteiger partial charge is 0.348 e. The van der Waals surface area contributed by atoms with Crippen LogP contribution in [0.15, 0.2) is 24.3 Å². The molecule has 8 aliphatic rings. The summed E-state index contributed by atoms with van der Waals surface area (Å²) in [6.07, 6.45) is 16.6. The van der Waals surface area contributed by atoms with Gasteiger partial charge in [0.1, 0.15) is 0 Å². The molecule has 8 saturated carbocycles. The van der Waals surface area contributed by atoms with E-state index < -0.39 is 0 Å². The number of para-hydroxylation sites is 2. The fourth-order valence-corrected chi connectivity index (χ4v) is 10.7.